The van der Waals surface area contributed by atoms with E-state index in [0.717, 1.165) is 25.4 Å². The van der Waals surface area contributed by atoms with Crippen LogP contribution in [0.4, 0.5) is 0 Å². The van der Waals surface area contributed by atoms with Crippen LogP contribution in [0.5, 0.6) is 0 Å². The molecule has 41 heavy (non-hydrogen) atoms. The van der Waals surface area contributed by atoms with Gasteiger partial charge in [0.25, 0.3) is 0 Å². The van der Waals surface area contributed by atoms with Crippen molar-refractivity contribution in [1.82, 2.24) is 4.90 Å². The van der Waals surface area contributed by atoms with Crippen molar-refractivity contribution in [2.45, 2.75) is 12.8 Å². The molecule has 1 nitrogen and oxygen atoms in total. The average molecular weight is 594 g/mol. The number of thioether (sulfide) groups is 1. The molecule has 4 heteroatoms. The molecule has 4 aromatic rings. The molecule has 0 saturated carbocycles. The van der Waals surface area contributed by atoms with E-state index in [0.29, 0.717) is 0 Å². The highest BCUT2D eigenvalue weighted by atomic mass is 32.2. The Bertz CT molecular complexity index is 1180. The van der Waals surface area contributed by atoms with E-state index in [4.69, 9.17) is 0 Å². The summed E-state index contributed by atoms with van der Waals surface area (Å²) in [6.45, 7) is 3.40. The van der Waals surface area contributed by atoms with Crippen LogP contribution >= 0.6 is 27.6 Å². The zero-order valence-electron chi connectivity index (χ0n) is 23.9. The van der Waals surface area contributed by atoms with E-state index < -0.39 is 0 Å². The highest BCUT2D eigenvalue weighted by Crippen LogP contribution is 2.35. The second kappa shape index (κ2) is 16.8. The molecule has 0 atom stereocenters. The van der Waals surface area contributed by atoms with Crippen LogP contribution in [-0.4, -0.2) is 48.4 Å². The molecule has 0 N–H and O–H groups in total. The molecule has 0 fully saturated rings. The van der Waals surface area contributed by atoms with Gasteiger partial charge in [0.05, 0.1) is 0 Å². The largest absolute Gasteiger partial charge is 0.302 e. The fraction of sp³-hybridized carbons (Fsp3) is 0.243. The number of nitrogens with zero attached hydrogens (tertiary/aromatic N) is 1. The summed E-state index contributed by atoms with van der Waals surface area (Å²) in [6, 6.07) is 44.8. The second-order valence-corrected chi connectivity index (χ2v) is 16.1. The van der Waals surface area contributed by atoms with Crippen molar-refractivity contribution < 1.29 is 0 Å². The number of benzene rings is 4. The maximum absolute atomic E-state index is 2.76. The Morgan fingerprint density at radius 2 is 0.976 bits per heavy atom. The first kappa shape index (κ1) is 30.0. The van der Waals surface area contributed by atoms with Crippen LogP contribution in [0, 0.1) is 0 Å². The van der Waals surface area contributed by atoms with Crippen molar-refractivity contribution >= 4 is 48.8 Å². The molecular formula is C37H41NP2S. The Morgan fingerprint density at radius 3 is 1.37 bits per heavy atom. The van der Waals surface area contributed by atoms with Crippen LogP contribution < -0.4 is 21.2 Å². The maximum atomic E-state index is 2.76. The van der Waals surface area contributed by atoms with Crippen LogP contribution in [0.1, 0.15) is 12.8 Å². The molecule has 0 amide bonds. The van der Waals surface area contributed by atoms with E-state index in [1.165, 1.54) is 57.7 Å². The molecule has 0 spiro atoms. The first-order valence-corrected chi connectivity index (χ1v) is 19.0. The number of rotatable bonds is 15. The molecule has 210 valence electrons. The summed E-state index contributed by atoms with van der Waals surface area (Å²) in [5.74, 6) is 2.31. The monoisotopic (exact) mass is 593 g/mol. The molecule has 0 saturated heterocycles. The van der Waals surface area contributed by atoms with Crippen LogP contribution in [0.25, 0.3) is 0 Å². The lowest BCUT2D eigenvalue weighted by Gasteiger charge is -2.28. The molecule has 1 aliphatic rings. The zero-order valence-corrected chi connectivity index (χ0v) is 26.5. The minimum Gasteiger partial charge on any atom is -0.302 e. The van der Waals surface area contributed by atoms with Gasteiger partial charge < -0.3 is 4.90 Å². The fourth-order valence-electron chi connectivity index (χ4n) is 5.22. The van der Waals surface area contributed by atoms with Gasteiger partial charge >= 0.3 is 0 Å². The average Bonchev–Trinajstić information content (AvgIpc) is 3.05. The van der Waals surface area contributed by atoms with Crippen LogP contribution in [0.3, 0.4) is 0 Å². The van der Waals surface area contributed by atoms with Gasteiger partial charge in [0.2, 0.25) is 0 Å². The van der Waals surface area contributed by atoms with Gasteiger partial charge in [-0.1, -0.05) is 140 Å². The van der Waals surface area contributed by atoms with Crippen molar-refractivity contribution in [3.8, 4) is 0 Å². The third-order valence-corrected chi connectivity index (χ3v) is 13.4. The van der Waals surface area contributed by atoms with Gasteiger partial charge in [0.15, 0.2) is 0 Å². The summed E-state index contributed by atoms with van der Waals surface area (Å²) >= 11 is 2.09. The van der Waals surface area contributed by atoms with Gasteiger partial charge in [-0.15, -0.1) is 0 Å². The lowest BCUT2D eigenvalue weighted by atomic mass is 10.1. The third-order valence-electron chi connectivity index (χ3n) is 7.44. The molecule has 0 bridgehead atoms. The molecule has 1 aliphatic carbocycles. The molecule has 0 heterocycles. The zero-order chi connectivity index (χ0) is 28.0. The number of hydrogen-bond donors (Lipinski definition) is 0. The van der Waals surface area contributed by atoms with E-state index >= 15 is 0 Å². The Morgan fingerprint density at radius 1 is 0.537 bits per heavy atom. The Hall–Kier alpha value is -2.47. The van der Waals surface area contributed by atoms with Gasteiger partial charge in [-0.05, 0) is 67.8 Å². The normalized spacial score (nSPS) is 13.2. The van der Waals surface area contributed by atoms with E-state index in [1.54, 1.807) is 0 Å². The van der Waals surface area contributed by atoms with Crippen LogP contribution in [0.2, 0.25) is 0 Å². The molecule has 0 aliphatic heterocycles. The SMILES string of the molecule is C1=CC(CSCCN(CCP(c2ccccc2)c2ccccc2)CCP(c2ccccc2)c2ccccc2)=CCC1. The van der Waals surface area contributed by atoms with Crippen molar-refractivity contribution in [2.24, 2.45) is 0 Å². The number of allylic oxidation sites excluding steroid dienone is 3. The third kappa shape index (κ3) is 9.52. The van der Waals surface area contributed by atoms with Gasteiger partial charge in [-0.3, -0.25) is 0 Å². The van der Waals surface area contributed by atoms with Gasteiger partial charge in [-0.25, -0.2) is 0 Å². The van der Waals surface area contributed by atoms with Gasteiger partial charge in [0.1, 0.15) is 0 Å². The topological polar surface area (TPSA) is 3.24 Å². The Kier molecular flexibility index (Phi) is 12.3. The Labute approximate surface area is 254 Å². The van der Waals surface area contributed by atoms with Crippen molar-refractivity contribution in [1.29, 1.82) is 0 Å². The minimum atomic E-state index is -0.387. The highest BCUT2D eigenvalue weighted by molar-refractivity contribution is 7.99. The van der Waals surface area contributed by atoms with Gasteiger partial charge in [0, 0.05) is 31.1 Å². The molecule has 0 unspecified atom stereocenters. The Balaban J connectivity index is 1.29. The number of hydrogen-bond acceptors (Lipinski definition) is 2. The quantitative estimate of drug-likeness (QED) is 0.103. The van der Waals surface area contributed by atoms with Gasteiger partial charge in [-0.2, -0.15) is 11.8 Å². The molecule has 0 radical (unpaired) electrons. The van der Waals surface area contributed by atoms with Crippen LogP contribution in [-0.2, 0) is 0 Å². The maximum Gasteiger partial charge on any atom is 0.0181 e. The van der Waals surface area contributed by atoms with Crippen LogP contribution in [0.15, 0.2) is 145 Å². The van der Waals surface area contributed by atoms with E-state index in [-0.39, 0.29) is 15.8 Å². The summed E-state index contributed by atoms with van der Waals surface area (Å²) in [4.78, 5) is 2.76. The van der Waals surface area contributed by atoms with Crippen molar-refractivity contribution in [3.05, 3.63) is 145 Å². The van der Waals surface area contributed by atoms with E-state index in [9.17, 15) is 0 Å². The fourth-order valence-corrected chi connectivity index (χ4v) is 10.9. The molecule has 5 rings (SSSR count). The predicted molar refractivity (Wildman–Crippen MR) is 188 cm³/mol. The van der Waals surface area contributed by atoms with Crippen molar-refractivity contribution in [3.63, 3.8) is 0 Å². The molecule has 0 aromatic heterocycles. The lowest BCUT2D eigenvalue weighted by molar-refractivity contribution is 0.328. The lowest BCUT2D eigenvalue weighted by Crippen LogP contribution is -2.34. The predicted octanol–water partition coefficient (Wildman–Crippen LogP) is 7.56. The summed E-state index contributed by atoms with van der Waals surface area (Å²) in [6.07, 6.45) is 11.8. The summed E-state index contributed by atoms with van der Waals surface area (Å²) in [5, 5.41) is 5.93. The smallest absolute Gasteiger partial charge is 0.0181 e. The van der Waals surface area contributed by atoms with E-state index in [2.05, 4.69) is 156 Å². The first-order valence-electron chi connectivity index (χ1n) is 14.8. The standard InChI is InChI=1S/C37H41NP2S/c1-6-16-33(17-7-1)32-41-31-28-38(26-29-39(34-18-8-2-9-19-34)35-20-10-3-11-21-35)27-30-40(36-22-12-4-13-23-36)37-24-14-5-15-25-37/h2-6,8-25H,1,7,26-32H2. The van der Waals surface area contributed by atoms with Crippen molar-refractivity contribution in [2.75, 3.05) is 43.5 Å². The minimum absolute atomic E-state index is 0.387. The summed E-state index contributed by atoms with van der Waals surface area (Å²) in [5.41, 5.74) is 1.50. The summed E-state index contributed by atoms with van der Waals surface area (Å²) in [7, 11) is -0.775. The summed E-state index contributed by atoms with van der Waals surface area (Å²) < 4.78 is 0. The molecular weight excluding hydrogens is 552 g/mol. The first-order chi connectivity index (χ1) is 20.4. The second-order valence-electron chi connectivity index (χ2n) is 10.3. The molecule has 4 aromatic carbocycles. The highest BCUT2D eigenvalue weighted by Gasteiger charge is 2.18. The van der Waals surface area contributed by atoms with E-state index in [1.807, 2.05) is 0 Å².